The van der Waals surface area contributed by atoms with Gasteiger partial charge in [0.25, 0.3) is 5.91 Å². The average molecular weight is 380 g/mol. The first-order valence-corrected chi connectivity index (χ1v) is 9.81. The third kappa shape index (κ3) is 7.39. The largest absolute Gasteiger partial charge is 0.452 e. The van der Waals surface area contributed by atoms with Crippen molar-refractivity contribution >= 4 is 23.6 Å². The lowest BCUT2D eigenvalue weighted by Gasteiger charge is -2.07. The van der Waals surface area contributed by atoms with Crippen LogP contribution in [-0.4, -0.2) is 18.5 Å². The molecule has 1 N–H and O–H groups in total. The zero-order valence-electron chi connectivity index (χ0n) is 16.9. The van der Waals surface area contributed by atoms with Crippen LogP contribution >= 0.6 is 0 Å². The van der Waals surface area contributed by atoms with Crippen LogP contribution in [0.15, 0.2) is 54.6 Å². The number of benzene rings is 2. The molecule has 0 fully saturated rings. The molecule has 0 aliphatic heterocycles. The predicted octanol–water partition coefficient (Wildman–Crippen LogP) is 5.35. The van der Waals surface area contributed by atoms with Gasteiger partial charge in [0.05, 0.1) is 0 Å². The van der Waals surface area contributed by atoms with Gasteiger partial charge in [0.1, 0.15) is 0 Å². The minimum absolute atomic E-state index is 0.312. The van der Waals surface area contributed by atoms with Crippen LogP contribution in [0.1, 0.15) is 56.2 Å². The average Bonchev–Trinajstić information content (AvgIpc) is 2.70. The molecule has 2 aromatic rings. The number of rotatable bonds is 9. The zero-order valence-corrected chi connectivity index (χ0v) is 16.9. The van der Waals surface area contributed by atoms with Gasteiger partial charge in [-0.05, 0) is 53.7 Å². The van der Waals surface area contributed by atoms with Crippen molar-refractivity contribution in [2.24, 2.45) is 0 Å². The zero-order chi connectivity index (χ0) is 20.4. The van der Waals surface area contributed by atoms with Gasteiger partial charge in [0, 0.05) is 11.8 Å². The number of nitrogens with one attached hydrogen (secondary N) is 1. The molecule has 1 amide bonds. The molecule has 0 saturated heterocycles. The standard InChI is InChI=1S/C24H29NO3/c1-4-5-6-19-9-14-22(15-10-19)25-23(26)17-28-24(27)16-11-20-7-12-21(13-8-20)18(2)3/h7-16,18H,4-6,17H2,1-3H3,(H,25,26). The summed E-state index contributed by atoms with van der Waals surface area (Å²) < 4.78 is 5.00. The van der Waals surface area contributed by atoms with Crippen molar-refractivity contribution in [1.82, 2.24) is 0 Å². The molecular weight excluding hydrogens is 350 g/mol. The first-order valence-electron chi connectivity index (χ1n) is 9.81. The number of ether oxygens (including phenoxy) is 1. The monoisotopic (exact) mass is 379 g/mol. The maximum atomic E-state index is 11.9. The number of aryl methyl sites for hydroxylation is 1. The third-order valence-electron chi connectivity index (χ3n) is 4.42. The summed E-state index contributed by atoms with van der Waals surface area (Å²) in [5, 5.41) is 2.73. The maximum Gasteiger partial charge on any atom is 0.331 e. The van der Waals surface area contributed by atoms with Crippen molar-refractivity contribution in [1.29, 1.82) is 0 Å². The van der Waals surface area contributed by atoms with Crippen molar-refractivity contribution in [3.8, 4) is 0 Å². The predicted molar refractivity (Wildman–Crippen MR) is 114 cm³/mol. The lowest BCUT2D eigenvalue weighted by molar-refractivity contribution is -0.142. The summed E-state index contributed by atoms with van der Waals surface area (Å²) >= 11 is 0. The summed E-state index contributed by atoms with van der Waals surface area (Å²) in [7, 11) is 0. The van der Waals surface area contributed by atoms with Crippen molar-refractivity contribution in [2.75, 3.05) is 11.9 Å². The molecule has 0 radical (unpaired) electrons. The molecule has 4 heteroatoms. The molecule has 0 bridgehead atoms. The summed E-state index contributed by atoms with van der Waals surface area (Å²) in [6, 6.07) is 15.7. The van der Waals surface area contributed by atoms with Gasteiger partial charge in [-0.25, -0.2) is 4.79 Å². The number of esters is 1. The minimum Gasteiger partial charge on any atom is -0.452 e. The van der Waals surface area contributed by atoms with Gasteiger partial charge in [0.15, 0.2) is 6.61 Å². The molecule has 0 atom stereocenters. The molecule has 0 aromatic heterocycles. The van der Waals surface area contributed by atoms with Gasteiger partial charge in [0.2, 0.25) is 0 Å². The van der Waals surface area contributed by atoms with Gasteiger partial charge in [-0.15, -0.1) is 0 Å². The van der Waals surface area contributed by atoms with Crippen LogP contribution in [0.2, 0.25) is 0 Å². The quantitative estimate of drug-likeness (QED) is 0.472. The molecule has 4 nitrogen and oxygen atoms in total. The van der Waals surface area contributed by atoms with E-state index in [1.165, 1.54) is 17.2 Å². The number of carbonyl (C=O) groups excluding carboxylic acids is 2. The van der Waals surface area contributed by atoms with Crippen LogP contribution in [0.3, 0.4) is 0 Å². The lowest BCUT2D eigenvalue weighted by Crippen LogP contribution is -2.20. The van der Waals surface area contributed by atoms with E-state index in [2.05, 4.69) is 26.1 Å². The molecule has 0 saturated carbocycles. The normalized spacial score (nSPS) is 11.0. The van der Waals surface area contributed by atoms with Crippen molar-refractivity contribution < 1.29 is 14.3 Å². The highest BCUT2D eigenvalue weighted by atomic mass is 16.5. The number of anilines is 1. The van der Waals surface area contributed by atoms with E-state index in [1.807, 2.05) is 48.5 Å². The molecule has 148 valence electrons. The van der Waals surface area contributed by atoms with E-state index >= 15 is 0 Å². The Morgan fingerprint density at radius 2 is 1.71 bits per heavy atom. The Morgan fingerprint density at radius 1 is 1.04 bits per heavy atom. The molecule has 0 heterocycles. The summed E-state index contributed by atoms with van der Waals surface area (Å²) in [6.07, 6.45) is 6.35. The van der Waals surface area contributed by atoms with E-state index in [0.29, 0.717) is 11.6 Å². The lowest BCUT2D eigenvalue weighted by atomic mass is 10.0. The van der Waals surface area contributed by atoms with E-state index in [4.69, 9.17) is 4.74 Å². The molecule has 0 aliphatic rings. The molecule has 0 spiro atoms. The van der Waals surface area contributed by atoms with Crippen LogP contribution in [-0.2, 0) is 20.7 Å². The second-order valence-electron chi connectivity index (χ2n) is 7.11. The summed E-state index contributed by atoms with van der Waals surface area (Å²) in [5.74, 6) is -0.434. The highest BCUT2D eigenvalue weighted by molar-refractivity contribution is 5.94. The summed E-state index contributed by atoms with van der Waals surface area (Å²) in [5.41, 5.74) is 4.10. The molecule has 0 aliphatic carbocycles. The van der Waals surface area contributed by atoms with Gasteiger partial charge in [-0.1, -0.05) is 63.6 Å². The van der Waals surface area contributed by atoms with Crippen LogP contribution in [0.5, 0.6) is 0 Å². The molecule has 2 aromatic carbocycles. The summed E-state index contributed by atoms with van der Waals surface area (Å²) in [6.45, 7) is 6.11. The second-order valence-corrected chi connectivity index (χ2v) is 7.11. The van der Waals surface area contributed by atoms with Crippen molar-refractivity contribution in [3.63, 3.8) is 0 Å². The Morgan fingerprint density at radius 3 is 2.32 bits per heavy atom. The Labute approximate surface area is 167 Å². The molecular formula is C24H29NO3. The van der Waals surface area contributed by atoms with Crippen LogP contribution in [0, 0.1) is 0 Å². The van der Waals surface area contributed by atoms with E-state index in [1.54, 1.807) is 6.08 Å². The number of carbonyl (C=O) groups is 2. The fourth-order valence-electron chi connectivity index (χ4n) is 2.67. The highest BCUT2D eigenvalue weighted by Crippen LogP contribution is 2.15. The molecule has 2 rings (SSSR count). The van der Waals surface area contributed by atoms with Gasteiger partial charge in [-0.3, -0.25) is 4.79 Å². The third-order valence-corrected chi connectivity index (χ3v) is 4.42. The highest BCUT2D eigenvalue weighted by Gasteiger charge is 2.06. The van der Waals surface area contributed by atoms with E-state index < -0.39 is 5.97 Å². The molecule has 28 heavy (non-hydrogen) atoms. The first kappa shape index (κ1) is 21.4. The van der Waals surface area contributed by atoms with Crippen LogP contribution < -0.4 is 5.32 Å². The fourth-order valence-corrected chi connectivity index (χ4v) is 2.67. The van der Waals surface area contributed by atoms with Gasteiger partial charge < -0.3 is 10.1 Å². The van der Waals surface area contributed by atoms with E-state index in [9.17, 15) is 9.59 Å². The maximum absolute atomic E-state index is 11.9. The topological polar surface area (TPSA) is 55.4 Å². The fraction of sp³-hybridized carbons (Fsp3) is 0.333. The van der Waals surface area contributed by atoms with Gasteiger partial charge in [-0.2, -0.15) is 0 Å². The van der Waals surface area contributed by atoms with E-state index in [0.717, 1.165) is 24.8 Å². The minimum atomic E-state index is -0.544. The Kier molecular flexibility index (Phi) is 8.47. The summed E-state index contributed by atoms with van der Waals surface area (Å²) in [4.78, 5) is 23.7. The molecule has 0 unspecified atom stereocenters. The Hall–Kier alpha value is -2.88. The van der Waals surface area contributed by atoms with Crippen LogP contribution in [0.25, 0.3) is 6.08 Å². The smallest absolute Gasteiger partial charge is 0.331 e. The van der Waals surface area contributed by atoms with Gasteiger partial charge >= 0.3 is 5.97 Å². The Bertz CT molecular complexity index is 790. The van der Waals surface area contributed by atoms with E-state index in [-0.39, 0.29) is 12.5 Å². The van der Waals surface area contributed by atoms with Crippen molar-refractivity contribution in [2.45, 2.75) is 46.0 Å². The number of hydrogen-bond donors (Lipinski definition) is 1. The Balaban J connectivity index is 1.76. The number of unbranched alkanes of at least 4 members (excludes halogenated alkanes) is 1. The number of hydrogen-bond acceptors (Lipinski definition) is 3. The SMILES string of the molecule is CCCCc1ccc(NC(=O)COC(=O)C=Cc2ccc(C(C)C)cc2)cc1. The van der Waals surface area contributed by atoms with Crippen LogP contribution in [0.4, 0.5) is 5.69 Å². The van der Waals surface area contributed by atoms with Crippen molar-refractivity contribution in [3.05, 3.63) is 71.3 Å². The first-order chi connectivity index (χ1) is 13.5. The number of amides is 1. The second kappa shape index (κ2) is 11.1.